The van der Waals surface area contributed by atoms with E-state index in [1.807, 2.05) is 30.3 Å². The molecule has 1 heteroatoms. The van der Waals surface area contributed by atoms with Crippen LogP contribution in [0.3, 0.4) is 0 Å². The first-order valence-corrected chi connectivity index (χ1v) is 3.47. The molecule has 0 radical (unpaired) electrons. The molecule has 0 unspecified atom stereocenters. The van der Waals surface area contributed by atoms with Gasteiger partial charge in [-0.3, -0.25) is 0 Å². The topological polar surface area (TPSA) is 0 Å². The van der Waals surface area contributed by atoms with Crippen molar-refractivity contribution in [2.24, 2.45) is 5.92 Å². The summed E-state index contributed by atoms with van der Waals surface area (Å²) < 4.78 is 0. The third-order valence-electron chi connectivity index (χ3n) is 0.607. The summed E-state index contributed by atoms with van der Waals surface area (Å²) >= 11 is 0. The number of hydrogen-bond acceptors (Lipinski definition) is 0. The summed E-state index contributed by atoms with van der Waals surface area (Å²) in [6, 6.07) is 12.5. The zero-order valence-corrected chi connectivity index (χ0v) is 8.79. The zero-order chi connectivity index (χ0) is 7.82. The zero-order valence-electron chi connectivity index (χ0n) is 7.38. The van der Waals surface area contributed by atoms with Gasteiger partial charge in [-0.1, -0.05) is 13.8 Å². The Hall–Kier alpha value is -0.0138. The molecule has 11 heavy (non-hydrogen) atoms. The Morgan fingerprint density at radius 1 is 1.09 bits per heavy atom. The Morgan fingerprint density at radius 3 is 1.55 bits per heavy atom. The Kier molecular flexibility index (Phi) is 12.3. The van der Waals surface area contributed by atoms with Crippen LogP contribution in [0.1, 0.15) is 13.8 Å². The molecule has 0 aliphatic carbocycles. The van der Waals surface area contributed by atoms with Gasteiger partial charge in [0.1, 0.15) is 0 Å². The monoisotopic (exact) mass is 158 g/mol. The van der Waals surface area contributed by atoms with Crippen LogP contribution < -0.4 is 0 Å². The summed E-state index contributed by atoms with van der Waals surface area (Å²) in [4.78, 5) is 0. The van der Waals surface area contributed by atoms with Crippen LogP contribution in [0, 0.1) is 18.9 Å². The normalized spacial score (nSPS) is 7.64. The van der Waals surface area contributed by atoms with E-state index in [0.717, 1.165) is 0 Å². The molecule has 0 amide bonds. The quantitative estimate of drug-likeness (QED) is 0.402. The van der Waals surface area contributed by atoms with Crippen LogP contribution in [0.2, 0.25) is 0 Å². The standard InChI is InChI=1S/C6H5.C4H9.Mg/c1-2-4-6-5-3-1;1-4(2)3;/h1-5H;4H,1H2,2-3H3;/q2*-1;+2. The van der Waals surface area contributed by atoms with Gasteiger partial charge in [-0.2, -0.15) is 42.3 Å². The van der Waals surface area contributed by atoms with E-state index >= 15 is 0 Å². The molecule has 1 rings (SSSR count). The first-order chi connectivity index (χ1) is 4.73. The van der Waals surface area contributed by atoms with E-state index < -0.39 is 0 Å². The fourth-order valence-corrected chi connectivity index (χ4v) is 0.342. The molecule has 1 aromatic carbocycles. The third-order valence-corrected chi connectivity index (χ3v) is 0.607. The van der Waals surface area contributed by atoms with Crippen LogP contribution in [-0.4, -0.2) is 23.1 Å². The van der Waals surface area contributed by atoms with Crippen molar-refractivity contribution in [1.82, 2.24) is 0 Å². The Labute approximate surface area is 86.2 Å². The fraction of sp³-hybridized carbons (Fsp3) is 0.300. The van der Waals surface area contributed by atoms with Crippen LogP contribution in [0.25, 0.3) is 0 Å². The van der Waals surface area contributed by atoms with Crippen LogP contribution in [0.5, 0.6) is 0 Å². The van der Waals surface area contributed by atoms with Gasteiger partial charge in [0.05, 0.1) is 0 Å². The molecule has 0 atom stereocenters. The van der Waals surface area contributed by atoms with Gasteiger partial charge >= 0.3 is 23.1 Å². The van der Waals surface area contributed by atoms with E-state index in [0.29, 0.717) is 5.92 Å². The second-order valence-electron chi connectivity index (χ2n) is 2.47. The van der Waals surface area contributed by atoms with E-state index in [1.54, 1.807) is 0 Å². The van der Waals surface area contributed by atoms with E-state index in [2.05, 4.69) is 26.8 Å². The van der Waals surface area contributed by atoms with Crippen LogP contribution >= 0.6 is 0 Å². The molecular formula is C10H14Mg. The van der Waals surface area contributed by atoms with Crippen molar-refractivity contribution < 1.29 is 0 Å². The predicted octanol–water partition coefficient (Wildman–Crippen LogP) is 2.58. The molecule has 0 heterocycles. The summed E-state index contributed by atoms with van der Waals surface area (Å²) in [6.45, 7) is 7.75. The Morgan fingerprint density at radius 2 is 1.45 bits per heavy atom. The van der Waals surface area contributed by atoms with Crippen LogP contribution in [-0.2, 0) is 0 Å². The maximum absolute atomic E-state index is 3.64. The first kappa shape index (κ1) is 13.6. The maximum Gasteiger partial charge on any atom is 2.00 e. The molecule has 0 aromatic heterocycles. The van der Waals surface area contributed by atoms with Gasteiger partial charge in [-0.25, -0.2) is 0 Å². The maximum atomic E-state index is 3.64. The molecule has 0 spiro atoms. The Bertz CT molecular complexity index is 105. The van der Waals surface area contributed by atoms with Gasteiger partial charge in [0.2, 0.25) is 0 Å². The molecule has 0 aliphatic heterocycles. The summed E-state index contributed by atoms with van der Waals surface area (Å²) in [7, 11) is 0. The molecule has 0 saturated carbocycles. The van der Waals surface area contributed by atoms with Gasteiger partial charge in [0, 0.05) is 0 Å². The Balaban J connectivity index is 0. The van der Waals surface area contributed by atoms with Gasteiger partial charge in [-0.05, 0) is 0 Å². The van der Waals surface area contributed by atoms with E-state index in [4.69, 9.17) is 0 Å². The number of rotatable bonds is 0. The van der Waals surface area contributed by atoms with Gasteiger partial charge in [0.15, 0.2) is 0 Å². The summed E-state index contributed by atoms with van der Waals surface area (Å²) in [6.07, 6.45) is 0. The third kappa shape index (κ3) is 17.8. The predicted molar refractivity (Wildman–Crippen MR) is 51.2 cm³/mol. The van der Waals surface area contributed by atoms with Crippen molar-refractivity contribution in [3.63, 3.8) is 0 Å². The van der Waals surface area contributed by atoms with E-state index in [-0.39, 0.29) is 23.1 Å². The molecule has 0 fully saturated rings. The molecule has 56 valence electrons. The second kappa shape index (κ2) is 9.99. The molecule has 0 saturated heterocycles. The molecule has 0 aliphatic rings. The molecular weight excluding hydrogens is 144 g/mol. The van der Waals surface area contributed by atoms with Gasteiger partial charge < -0.3 is 6.92 Å². The summed E-state index contributed by atoms with van der Waals surface area (Å²) in [5.74, 6) is 0.583. The molecule has 1 aromatic rings. The first-order valence-electron chi connectivity index (χ1n) is 3.47. The SMILES string of the molecule is [CH2-]C(C)C.[Mg+2].[c-]1ccccc1. The fourth-order valence-electron chi connectivity index (χ4n) is 0.342. The minimum absolute atomic E-state index is 0. The van der Waals surface area contributed by atoms with Crippen LogP contribution in [0.15, 0.2) is 30.3 Å². The van der Waals surface area contributed by atoms with Gasteiger partial charge in [0.25, 0.3) is 0 Å². The smallest absolute Gasteiger partial charge is 0.341 e. The minimum Gasteiger partial charge on any atom is -0.341 e. The van der Waals surface area contributed by atoms with Crippen molar-refractivity contribution in [2.75, 3.05) is 0 Å². The summed E-state index contributed by atoms with van der Waals surface area (Å²) in [5, 5.41) is 0. The molecule has 0 bridgehead atoms. The van der Waals surface area contributed by atoms with Crippen molar-refractivity contribution >= 4 is 23.1 Å². The average Bonchev–Trinajstić information content (AvgIpc) is 1.90. The van der Waals surface area contributed by atoms with Crippen molar-refractivity contribution in [1.29, 1.82) is 0 Å². The minimum atomic E-state index is 0. The number of benzene rings is 1. The van der Waals surface area contributed by atoms with Crippen molar-refractivity contribution in [3.05, 3.63) is 43.3 Å². The van der Waals surface area contributed by atoms with E-state index in [1.165, 1.54) is 0 Å². The average molecular weight is 159 g/mol. The van der Waals surface area contributed by atoms with Crippen molar-refractivity contribution in [2.45, 2.75) is 13.8 Å². The van der Waals surface area contributed by atoms with Crippen LogP contribution in [0.4, 0.5) is 0 Å². The summed E-state index contributed by atoms with van der Waals surface area (Å²) in [5.41, 5.74) is 0. The van der Waals surface area contributed by atoms with Crippen molar-refractivity contribution in [3.8, 4) is 0 Å². The number of hydrogen-bond donors (Lipinski definition) is 0. The second-order valence-corrected chi connectivity index (χ2v) is 2.47. The molecule has 0 N–H and O–H groups in total. The van der Waals surface area contributed by atoms with Gasteiger partial charge in [-0.15, -0.1) is 0 Å². The largest absolute Gasteiger partial charge is 2.00 e. The van der Waals surface area contributed by atoms with E-state index in [9.17, 15) is 0 Å². The molecule has 0 nitrogen and oxygen atoms in total.